The predicted molar refractivity (Wildman–Crippen MR) is 210 cm³/mol. The highest BCUT2D eigenvalue weighted by molar-refractivity contribution is 6.27. The molecular formula is C48H28O2. The van der Waals surface area contributed by atoms with Gasteiger partial charge in [-0.15, -0.1) is 0 Å². The van der Waals surface area contributed by atoms with Gasteiger partial charge in [0.05, 0.1) is 0 Å². The number of furan rings is 2. The van der Waals surface area contributed by atoms with E-state index in [0.717, 1.165) is 49.4 Å². The Balaban J connectivity index is 1.21. The van der Waals surface area contributed by atoms with Crippen LogP contribution in [0.1, 0.15) is 0 Å². The molecule has 0 unspecified atom stereocenters. The molecule has 0 spiro atoms. The van der Waals surface area contributed by atoms with Gasteiger partial charge in [-0.2, -0.15) is 0 Å². The molecule has 0 aliphatic heterocycles. The molecule has 232 valence electrons. The molecule has 0 saturated heterocycles. The fraction of sp³-hybridized carbons (Fsp3) is 0. The zero-order chi connectivity index (χ0) is 32.8. The average Bonchev–Trinajstić information content (AvgIpc) is 3.74. The molecule has 0 fully saturated rings. The third-order valence-corrected chi connectivity index (χ3v) is 10.5. The van der Waals surface area contributed by atoms with E-state index in [1.165, 1.54) is 60.1 Å². The predicted octanol–water partition coefficient (Wildman–Crippen LogP) is 13.9. The first-order valence-corrected chi connectivity index (χ1v) is 17.1. The van der Waals surface area contributed by atoms with Crippen LogP contribution >= 0.6 is 0 Å². The smallest absolute Gasteiger partial charge is 0.136 e. The van der Waals surface area contributed by atoms with Crippen molar-refractivity contribution in [3.8, 4) is 33.4 Å². The van der Waals surface area contributed by atoms with Gasteiger partial charge in [-0.25, -0.2) is 0 Å². The van der Waals surface area contributed by atoms with Gasteiger partial charge < -0.3 is 8.83 Å². The normalized spacial score (nSPS) is 12.0. The van der Waals surface area contributed by atoms with E-state index >= 15 is 0 Å². The number of benzene rings is 9. The molecule has 0 aliphatic rings. The molecule has 0 saturated carbocycles. The molecule has 0 amide bonds. The fourth-order valence-electron chi connectivity index (χ4n) is 8.28. The lowest BCUT2D eigenvalue weighted by atomic mass is 9.83. The third-order valence-electron chi connectivity index (χ3n) is 10.5. The standard InChI is InChI=1S/C48H28O2/c1-2-12-30-27-31(22-21-29(30)11-1)33-13-3-4-14-34(33)46-37-17-7-5-15-35(37)45(36-16-6-8-18-38(36)46)32-23-24-42-40(28-32)48-44(50-42)26-25-43-47(48)39-19-9-10-20-41(39)49-43/h1-28H. The lowest BCUT2D eigenvalue weighted by molar-refractivity contribution is 0.663. The molecule has 9 aromatic carbocycles. The summed E-state index contributed by atoms with van der Waals surface area (Å²) >= 11 is 0. The topological polar surface area (TPSA) is 26.3 Å². The Morgan fingerprint density at radius 1 is 0.280 bits per heavy atom. The number of hydrogen-bond acceptors (Lipinski definition) is 2. The van der Waals surface area contributed by atoms with E-state index in [4.69, 9.17) is 8.83 Å². The largest absolute Gasteiger partial charge is 0.456 e. The van der Waals surface area contributed by atoms with E-state index in [1.54, 1.807) is 0 Å². The first-order valence-electron chi connectivity index (χ1n) is 17.1. The molecule has 0 atom stereocenters. The zero-order valence-electron chi connectivity index (χ0n) is 27.0. The molecule has 2 heteroatoms. The molecule has 50 heavy (non-hydrogen) atoms. The van der Waals surface area contributed by atoms with Crippen LogP contribution < -0.4 is 0 Å². The molecular weight excluding hydrogens is 609 g/mol. The summed E-state index contributed by atoms with van der Waals surface area (Å²) in [6.07, 6.45) is 0. The van der Waals surface area contributed by atoms with Crippen LogP contribution in [0.4, 0.5) is 0 Å². The van der Waals surface area contributed by atoms with Gasteiger partial charge in [-0.3, -0.25) is 0 Å². The summed E-state index contributed by atoms with van der Waals surface area (Å²) in [6, 6.07) is 61.0. The first-order chi connectivity index (χ1) is 24.8. The van der Waals surface area contributed by atoms with Crippen LogP contribution in [-0.4, -0.2) is 0 Å². The molecule has 11 rings (SSSR count). The minimum atomic E-state index is 0.867. The first kappa shape index (κ1) is 27.3. The van der Waals surface area contributed by atoms with Crippen molar-refractivity contribution >= 4 is 76.2 Å². The summed E-state index contributed by atoms with van der Waals surface area (Å²) in [5, 5.41) is 11.8. The third kappa shape index (κ3) is 3.90. The van der Waals surface area contributed by atoms with Crippen molar-refractivity contribution in [2.45, 2.75) is 0 Å². The lowest BCUT2D eigenvalue weighted by Crippen LogP contribution is -1.92. The maximum atomic E-state index is 6.46. The Hall–Kier alpha value is -6.64. The van der Waals surface area contributed by atoms with E-state index in [9.17, 15) is 0 Å². The summed E-state index contributed by atoms with van der Waals surface area (Å²) in [5.74, 6) is 0. The van der Waals surface area contributed by atoms with Crippen molar-refractivity contribution in [3.63, 3.8) is 0 Å². The van der Waals surface area contributed by atoms with Crippen molar-refractivity contribution in [2.24, 2.45) is 0 Å². The van der Waals surface area contributed by atoms with Crippen LogP contribution in [-0.2, 0) is 0 Å². The average molecular weight is 637 g/mol. The number of fused-ring (bicyclic) bond motifs is 10. The van der Waals surface area contributed by atoms with Crippen LogP contribution in [0.5, 0.6) is 0 Å². The van der Waals surface area contributed by atoms with E-state index in [-0.39, 0.29) is 0 Å². The Bertz CT molecular complexity index is 3100. The van der Waals surface area contributed by atoms with Gasteiger partial charge in [0, 0.05) is 21.5 Å². The van der Waals surface area contributed by atoms with E-state index in [2.05, 4.69) is 146 Å². The highest BCUT2D eigenvalue weighted by atomic mass is 16.3. The van der Waals surface area contributed by atoms with Crippen LogP contribution in [0.2, 0.25) is 0 Å². The van der Waals surface area contributed by atoms with Gasteiger partial charge in [0.1, 0.15) is 22.3 Å². The summed E-state index contributed by atoms with van der Waals surface area (Å²) in [4.78, 5) is 0. The Morgan fingerprint density at radius 2 is 0.780 bits per heavy atom. The minimum Gasteiger partial charge on any atom is -0.456 e. The highest BCUT2D eigenvalue weighted by Gasteiger charge is 2.21. The van der Waals surface area contributed by atoms with Gasteiger partial charge in [-0.05, 0) is 102 Å². The second-order valence-electron chi connectivity index (χ2n) is 13.2. The summed E-state index contributed by atoms with van der Waals surface area (Å²) in [5.41, 5.74) is 10.8. The lowest BCUT2D eigenvalue weighted by Gasteiger charge is -2.20. The minimum absolute atomic E-state index is 0.867. The van der Waals surface area contributed by atoms with Crippen molar-refractivity contribution in [3.05, 3.63) is 170 Å². The quantitative estimate of drug-likeness (QED) is 0.180. The van der Waals surface area contributed by atoms with Crippen molar-refractivity contribution in [1.29, 1.82) is 0 Å². The van der Waals surface area contributed by atoms with E-state index in [1.807, 2.05) is 24.3 Å². The molecule has 11 aromatic rings. The van der Waals surface area contributed by atoms with Gasteiger partial charge in [0.15, 0.2) is 0 Å². The molecule has 2 heterocycles. The molecule has 0 radical (unpaired) electrons. The molecule has 0 bridgehead atoms. The van der Waals surface area contributed by atoms with Gasteiger partial charge in [0.25, 0.3) is 0 Å². The van der Waals surface area contributed by atoms with Crippen molar-refractivity contribution in [2.75, 3.05) is 0 Å². The Labute approximate surface area is 287 Å². The molecule has 2 aromatic heterocycles. The maximum absolute atomic E-state index is 6.46. The van der Waals surface area contributed by atoms with Gasteiger partial charge in [0.2, 0.25) is 0 Å². The van der Waals surface area contributed by atoms with Crippen LogP contribution in [0.25, 0.3) is 110 Å². The van der Waals surface area contributed by atoms with Gasteiger partial charge >= 0.3 is 0 Å². The Morgan fingerprint density at radius 3 is 1.50 bits per heavy atom. The number of para-hydroxylation sites is 1. The summed E-state index contributed by atoms with van der Waals surface area (Å²) < 4.78 is 12.7. The maximum Gasteiger partial charge on any atom is 0.136 e. The van der Waals surface area contributed by atoms with Crippen LogP contribution in [0.3, 0.4) is 0 Å². The Kier molecular flexibility index (Phi) is 5.70. The van der Waals surface area contributed by atoms with Crippen LogP contribution in [0, 0.1) is 0 Å². The monoisotopic (exact) mass is 636 g/mol. The number of rotatable bonds is 3. The van der Waals surface area contributed by atoms with Crippen molar-refractivity contribution in [1.82, 2.24) is 0 Å². The van der Waals surface area contributed by atoms with Crippen LogP contribution in [0.15, 0.2) is 179 Å². The SMILES string of the molecule is c1ccc(-c2c3ccccc3c(-c3ccc4oc5ccc6oc7ccccc7c6c5c4c3)c3ccccc23)c(-c2ccc3ccccc3c2)c1. The highest BCUT2D eigenvalue weighted by Crippen LogP contribution is 2.47. The van der Waals surface area contributed by atoms with Gasteiger partial charge in [-0.1, -0.05) is 133 Å². The summed E-state index contributed by atoms with van der Waals surface area (Å²) in [7, 11) is 0. The zero-order valence-corrected chi connectivity index (χ0v) is 27.0. The molecule has 0 N–H and O–H groups in total. The van der Waals surface area contributed by atoms with Crippen molar-refractivity contribution < 1.29 is 8.83 Å². The van der Waals surface area contributed by atoms with E-state index < -0.39 is 0 Å². The molecule has 2 nitrogen and oxygen atoms in total. The fourth-order valence-corrected chi connectivity index (χ4v) is 8.28. The summed E-state index contributed by atoms with van der Waals surface area (Å²) in [6.45, 7) is 0. The second-order valence-corrected chi connectivity index (χ2v) is 13.2. The van der Waals surface area contributed by atoms with E-state index in [0.29, 0.717) is 0 Å². The molecule has 0 aliphatic carbocycles. The second kappa shape index (κ2) is 10.4. The number of hydrogen-bond donors (Lipinski definition) is 0.